The maximum absolute atomic E-state index is 14.6. The molecule has 2 fully saturated rings. The van der Waals surface area contributed by atoms with Crippen LogP contribution < -0.4 is 28.5 Å². The molecule has 0 N–H and O–H groups in total. The molecule has 16 heteroatoms. The lowest BCUT2D eigenvalue weighted by Crippen LogP contribution is -3.00. The van der Waals surface area contributed by atoms with E-state index >= 15 is 0 Å². The fourth-order valence-corrected chi connectivity index (χ4v) is 8.44. The summed E-state index contributed by atoms with van der Waals surface area (Å²) in [5.41, 5.74) is 0.237. The van der Waals surface area contributed by atoms with Crippen molar-refractivity contribution in [3.63, 3.8) is 0 Å². The molecular formula is C46H58F6IN5O4. The maximum atomic E-state index is 14.6. The van der Waals surface area contributed by atoms with E-state index in [0.717, 1.165) is 49.9 Å². The standard InChI is InChI=1S/C46H58F6N5O4.HI/c1-31(2)39(43(60)54-24-6-7-25-54)56(28-10-12-33-14-19-36(20-15-33)45(47,48)49)41(58)35-18-23-38(53(5)30-35)42(59)57(40(32(3)4)44(61)55-26-8-9-27-55)29-11-13-34-16-21-37(22-17-34)46(50,51)52;/h14-23,30-32,39-40H,6-13,24-29H2,1-5H3;1H/q+1;/p-1/t39-,40-;/m0./s1. The van der Waals surface area contributed by atoms with Gasteiger partial charge in [0, 0.05) is 45.3 Å². The summed E-state index contributed by atoms with van der Waals surface area (Å²) in [6.45, 7) is 10.1. The van der Waals surface area contributed by atoms with E-state index in [9.17, 15) is 45.5 Å². The molecule has 3 heterocycles. The van der Waals surface area contributed by atoms with Crippen molar-refractivity contribution in [2.45, 2.75) is 103 Å². The molecule has 0 saturated carbocycles. The minimum atomic E-state index is -4.46. The predicted octanol–water partition coefficient (Wildman–Crippen LogP) is 5.00. The van der Waals surface area contributed by atoms with Gasteiger partial charge in [0.1, 0.15) is 24.7 Å². The summed E-state index contributed by atoms with van der Waals surface area (Å²) >= 11 is 0. The third-order valence-corrected chi connectivity index (χ3v) is 11.7. The number of carbonyl (C=O) groups is 4. The zero-order valence-corrected chi connectivity index (χ0v) is 38.2. The number of halogens is 7. The number of nitrogens with zero attached hydrogens (tertiary/aromatic N) is 5. The molecule has 0 aliphatic carbocycles. The van der Waals surface area contributed by atoms with Gasteiger partial charge in [-0.15, -0.1) is 0 Å². The van der Waals surface area contributed by atoms with Gasteiger partial charge in [0.05, 0.1) is 11.1 Å². The van der Waals surface area contributed by atoms with Gasteiger partial charge in [0.2, 0.25) is 11.8 Å². The van der Waals surface area contributed by atoms with Gasteiger partial charge >= 0.3 is 18.3 Å². The maximum Gasteiger partial charge on any atom is 0.416 e. The minimum absolute atomic E-state index is 0. The quantitative estimate of drug-likeness (QED) is 0.115. The number of rotatable bonds is 16. The molecule has 9 nitrogen and oxygen atoms in total. The van der Waals surface area contributed by atoms with E-state index in [1.807, 2.05) is 27.7 Å². The third kappa shape index (κ3) is 12.7. The van der Waals surface area contributed by atoms with E-state index < -0.39 is 47.4 Å². The Bertz CT molecular complexity index is 1980. The van der Waals surface area contributed by atoms with Crippen LogP contribution in [0, 0.1) is 11.8 Å². The summed E-state index contributed by atoms with van der Waals surface area (Å²) in [5.74, 6) is -1.76. The van der Waals surface area contributed by atoms with Crippen molar-refractivity contribution >= 4 is 23.6 Å². The first-order valence-corrected chi connectivity index (χ1v) is 21.3. The predicted molar refractivity (Wildman–Crippen MR) is 218 cm³/mol. The van der Waals surface area contributed by atoms with Gasteiger partial charge in [-0.1, -0.05) is 52.0 Å². The molecule has 0 spiro atoms. The normalized spacial score (nSPS) is 15.4. The van der Waals surface area contributed by atoms with Crippen LogP contribution in [-0.2, 0) is 41.8 Å². The third-order valence-electron chi connectivity index (χ3n) is 11.7. The van der Waals surface area contributed by atoms with Gasteiger partial charge in [0.15, 0.2) is 6.20 Å². The van der Waals surface area contributed by atoms with Crippen molar-refractivity contribution < 1.29 is 74.1 Å². The van der Waals surface area contributed by atoms with E-state index in [2.05, 4.69) is 0 Å². The molecule has 0 unspecified atom stereocenters. The average molecular weight is 986 g/mol. The van der Waals surface area contributed by atoms with Crippen molar-refractivity contribution in [1.29, 1.82) is 0 Å². The van der Waals surface area contributed by atoms with Gasteiger partial charge in [-0.3, -0.25) is 19.2 Å². The van der Waals surface area contributed by atoms with Crippen LogP contribution in [0.25, 0.3) is 0 Å². The molecule has 340 valence electrons. The highest BCUT2D eigenvalue weighted by molar-refractivity contribution is 5.99. The number of pyridine rings is 1. The zero-order valence-electron chi connectivity index (χ0n) is 36.1. The van der Waals surface area contributed by atoms with Crippen LogP contribution in [-0.4, -0.2) is 94.6 Å². The lowest BCUT2D eigenvalue weighted by Gasteiger charge is -2.36. The summed E-state index contributed by atoms with van der Waals surface area (Å²) in [7, 11) is 1.63. The lowest BCUT2D eigenvalue weighted by atomic mass is 9.98. The highest BCUT2D eigenvalue weighted by Crippen LogP contribution is 2.31. The Morgan fingerprint density at radius 2 is 0.968 bits per heavy atom. The molecule has 2 aliphatic heterocycles. The van der Waals surface area contributed by atoms with Crippen LogP contribution in [0.2, 0.25) is 0 Å². The first-order valence-electron chi connectivity index (χ1n) is 21.3. The molecule has 1 aromatic heterocycles. The number of hydrogen-bond donors (Lipinski definition) is 0. The van der Waals surface area contributed by atoms with Crippen molar-refractivity contribution in [2.24, 2.45) is 18.9 Å². The highest BCUT2D eigenvalue weighted by Gasteiger charge is 2.40. The molecule has 2 saturated heterocycles. The monoisotopic (exact) mass is 985 g/mol. The fourth-order valence-electron chi connectivity index (χ4n) is 8.44. The Hall–Kier alpha value is -4.22. The average Bonchev–Trinajstić information content (AvgIpc) is 3.95. The van der Waals surface area contributed by atoms with Gasteiger partial charge in [0.25, 0.3) is 11.6 Å². The molecule has 2 atom stereocenters. The highest BCUT2D eigenvalue weighted by atomic mass is 127. The van der Waals surface area contributed by atoms with Crippen molar-refractivity contribution in [3.05, 3.63) is 100 Å². The number of hydrogen-bond acceptors (Lipinski definition) is 4. The van der Waals surface area contributed by atoms with Gasteiger partial charge in [-0.2, -0.15) is 30.9 Å². The van der Waals surface area contributed by atoms with E-state index in [4.69, 9.17) is 0 Å². The molecule has 2 aliphatic rings. The second kappa shape index (κ2) is 21.9. The van der Waals surface area contributed by atoms with Crippen LogP contribution in [0.4, 0.5) is 26.3 Å². The Kier molecular flexibility index (Phi) is 17.8. The van der Waals surface area contributed by atoms with Crippen molar-refractivity contribution in [3.8, 4) is 0 Å². The molecule has 0 radical (unpaired) electrons. The number of amides is 4. The van der Waals surface area contributed by atoms with E-state index in [0.29, 0.717) is 63.0 Å². The number of aromatic nitrogens is 1. The molecule has 4 amide bonds. The van der Waals surface area contributed by atoms with Crippen LogP contribution >= 0.6 is 0 Å². The van der Waals surface area contributed by atoms with E-state index in [-0.39, 0.29) is 72.0 Å². The Balaban J connectivity index is 0.00000845. The second-order valence-electron chi connectivity index (χ2n) is 16.9. The first-order chi connectivity index (χ1) is 28.8. The van der Waals surface area contributed by atoms with E-state index in [1.165, 1.54) is 47.2 Å². The minimum Gasteiger partial charge on any atom is -1.00 e. The number of alkyl halides is 6. The fraction of sp³-hybridized carbons (Fsp3) is 0.543. The van der Waals surface area contributed by atoms with Gasteiger partial charge in [-0.25, -0.2) is 0 Å². The smallest absolute Gasteiger partial charge is 0.416 e. The Morgan fingerprint density at radius 3 is 1.31 bits per heavy atom. The molecule has 62 heavy (non-hydrogen) atoms. The summed E-state index contributed by atoms with van der Waals surface area (Å²) in [4.78, 5) is 63.9. The van der Waals surface area contributed by atoms with Crippen molar-refractivity contribution in [2.75, 3.05) is 39.3 Å². The molecule has 5 rings (SSSR count). The summed E-state index contributed by atoms with van der Waals surface area (Å²) < 4.78 is 80.7. The molecular weight excluding hydrogens is 927 g/mol. The summed E-state index contributed by atoms with van der Waals surface area (Å²) in [6, 6.07) is 11.2. The number of carbonyl (C=O) groups excluding carboxylic acids is 4. The van der Waals surface area contributed by atoms with Crippen molar-refractivity contribution in [1.82, 2.24) is 19.6 Å². The largest absolute Gasteiger partial charge is 1.00 e. The molecule has 0 bridgehead atoms. The topological polar surface area (TPSA) is 85.1 Å². The van der Waals surface area contributed by atoms with Gasteiger partial charge < -0.3 is 43.6 Å². The first kappa shape index (κ1) is 50.4. The summed E-state index contributed by atoms with van der Waals surface area (Å²) in [6.07, 6.45) is -2.48. The Morgan fingerprint density at radius 1 is 0.597 bits per heavy atom. The summed E-state index contributed by atoms with van der Waals surface area (Å²) in [5, 5.41) is 0. The second-order valence-corrected chi connectivity index (χ2v) is 16.9. The van der Waals surface area contributed by atoms with Crippen LogP contribution in [0.15, 0.2) is 66.9 Å². The van der Waals surface area contributed by atoms with Crippen LogP contribution in [0.3, 0.4) is 0 Å². The van der Waals surface area contributed by atoms with Crippen LogP contribution in [0.1, 0.15) is 109 Å². The van der Waals surface area contributed by atoms with Gasteiger partial charge in [-0.05, 0) is 105 Å². The number of benzene rings is 2. The van der Waals surface area contributed by atoms with Crippen LogP contribution in [0.5, 0.6) is 0 Å². The molecule has 3 aromatic rings. The number of aryl methyl sites for hydroxylation is 3. The lowest BCUT2D eigenvalue weighted by molar-refractivity contribution is -0.673. The SMILES string of the molecule is CC(C)[C@@H](C(=O)N1CCCC1)N(CCCc1ccc(C(F)(F)F)cc1)C(=O)c1ccc(C(=O)N(CCCc2ccc(C(F)(F)F)cc2)[C@H](C(=O)N2CCCC2)C(C)C)[n+](C)c1.[I-]. The van der Waals surface area contributed by atoms with E-state index in [1.54, 1.807) is 26.6 Å². The molecule has 2 aromatic carbocycles. The zero-order chi connectivity index (χ0) is 44.6. The number of likely N-dealkylation sites (tertiary alicyclic amines) is 2. The Labute approximate surface area is 377 Å².